The summed E-state index contributed by atoms with van der Waals surface area (Å²) in [5.74, 6) is 0.307. The Morgan fingerprint density at radius 3 is 2.41 bits per heavy atom. The lowest BCUT2D eigenvalue weighted by Crippen LogP contribution is -2.64. The Morgan fingerprint density at radius 1 is 1.29 bits per heavy atom. The van der Waals surface area contributed by atoms with Gasteiger partial charge in [-0.2, -0.15) is 0 Å². The number of carbonyl (C=O) groups is 2. The van der Waals surface area contributed by atoms with Crippen molar-refractivity contribution in [1.29, 1.82) is 0 Å². The normalized spacial score (nSPS) is 26.9. The van der Waals surface area contributed by atoms with Crippen molar-refractivity contribution in [2.45, 2.75) is 59.0 Å². The zero-order valence-corrected chi connectivity index (χ0v) is 11.3. The van der Waals surface area contributed by atoms with E-state index in [1.165, 1.54) is 0 Å². The highest BCUT2D eigenvalue weighted by atomic mass is 16.2. The van der Waals surface area contributed by atoms with Crippen molar-refractivity contribution in [3.8, 4) is 0 Å². The minimum Gasteiger partial charge on any atom is -0.343 e. The van der Waals surface area contributed by atoms with E-state index < -0.39 is 0 Å². The number of nitrogens with zero attached hydrogens (tertiary/aromatic N) is 1. The van der Waals surface area contributed by atoms with Crippen molar-refractivity contribution in [1.82, 2.24) is 10.2 Å². The molecule has 0 bridgehead atoms. The van der Waals surface area contributed by atoms with E-state index in [1.807, 2.05) is 20.8 Å². The Hall–Kier alpha value is -1.06. The van der Waals surface area contributed by atoms with Crippen molar-refractivity contribution < 1.29 is 9.59 Å². The van der Waals surface area contributed by atoms with Crippen LogP contribution in [0.2, 0.25) is 0 Å². The van der Waals surface area contributed by atoms with Crippen molar-refractivity contribution in [2.24, 2.45) is 5.92 Å². The molecule has 1 rings (SSSR count). The molecule has 0 aliphatic carbocycles. The third-order valence-electron chi connectivity index (χ3n) is 3.56. The molecule has 0 spiro atoms. The van der Waals surface area contributed by atoms with Crippen LogP contribution in [0.1, 0.15) is 47.0 Å². The number of hydrogen-bond donors (Lipinski definition) is 1. The second kappa shape index (κ2) is 6.03. The van der Waals surface area contributed by atoms with Crippen LogP contribution in [0.5, 0.6) is 0 Å². The third-order valence-corrected chi connectivity index (χ3v) is 3.56. The molecule has 1 aliphatic heterocycles. The van der Waals surface area contributed by atoms with Crippen LogP contribution in [-0.4, -0.2) is 35.3 Å². The van der Waals surface area contributed by atoms with E-state index >= 15 is 0 Å². The predicted molar refractivity (Wildman–Crippen MR) is 67.5 cm³/mol. The fraction of sp³-hybridized carbons (Fsp3) is 0.846. The third kappa shape index (κ3) is 2.79. The number of amides is 2. The maximum atomic E-state index is 12.2. The van der Waals surface area contributed by atoms with Gasteiger partial charge < -0.3 is 10.2 Å². The van der Waals surface area contributed by atoms with Crippen LogP contribution < -0.4 is 5.32 Å². The fourth-order valence-electron chi connectivity index (χ4n) is 2.35. The van der Waals surface area contributed by atoms with Crippen molar-refractivity contribution in [3.63, 3.8) is 0 Å². The molecule has 0 aromatic heterocycles. The lowest BCUT2D eigenvalue weighted by Gasteiger charge is -2.41. The second-order valence-electron chi connectivity index (χ2n) is 4.83. The highest BCUT2D eigenvalue weighted by molar-refractivity contribution is 5.97. The zero-order chi connectivity index (χ0) is 13.0. The molecule has 17 heavy (non-hydrogen) atoms. The van der Waals surface area contributed by atoms with Crippen LogP contribution in [0.4, 0.5) is 0 Å². The molecule has 1 fully saturated rings. The van der Waals surface area contributed by atoms with Gasteiger partial charge in [-0.05, 0) is 18.8 Å². The fourth-order valence-corrected chi connectivity index (χ4v) is 2.35. The quantitative estimate of drug-likeness (QED) is 0.792. The van der Waals surface area contributed by atoms with Crippen LogP contribution in [0.15, 0.2) is 0 Å². The summed E-state index contributed by atoms with van der Waals surface area (Å²) in [5, 5.41) is 2.84. The van der Waals surface area contributed by atoms with Gasteiger partial charge in [-0.25, -0.2) is 0 Å². The maximum absolute atomic E-state index is 12.2. The zero-order valence-electron chi connectivity index (χ0n) is 11.3. The molecule has 1 aliphatic rings. The monoisotopic (exact) mass is 240 g/mol. The van der Waals surface area contributed by atoms with Gasteiger partial charge in [0.2, 0.25) is 11.8 Å². The van der Waals surface area contributed by atoms with E-state index in [0.717, 1.165) is 12.8 Å². The SMILES string of the molecule is CCCN1C(=O)C(CC)NC(=O)C1C(C)CC. The van der Waals surface area contributed by atoms with Gasteiger partial charge in [0.05, 0.1) is 0 Å². The average molecular weight is 240 g/mol. The molecule has 1 saturated heterocycles. The van der Waals surface area contributed by atoms with Gasteiger partial charge >= 0.3 is 0 Å². The van der Waals surface area contributed by atoms with Crippen LogP contribution >= 0.6 is 0 Å². The lowest BCUT2D eigenvalue weighted by atomic mass is 9.92. The molecule has 98 valence electrons. The van der Waals surface area contributed by atoms with Crippen molar-refractivity contribution >= 4 is 11.8 Å². The summed E-state index contributed by atoms with van der Waals surface area (Å²) in [4.78, 5) is 26.1. The Balaban J connectivity index is 2.93. The molecule has 3 unspecified atom stereocenters. The number of nitrogens with one attached hydrogen (secondary N) is 1. The lowest BCUT2D eigenvalue weighted by molar-refractivity contribution is -0.151. The van der Waals surface area contributed by atoms with Crippen LogP contribution in [0, 0.1) is 5.92 Å². The molecule has 0 radical (unpaired) electrons. The van der Waals surface area contributed by atoms with E-state index in [9.17, 15) is 9.59 Å². The molecule has 4 nitrogen and oxygen atoms in total. The minimum absolute atomic E-state index is 0.0132. The van der Waals surface area contributed by atoms with Gasteiger partial charge in [0, 0.05) is 6.54 Å². The summed E-state index contributed by atoms with van der Waals surface area (Å²) in [6.45, 7) is 8.73. The van der Waals surface area contributed by atoms with Gasteiger partial charge in [-0.3, -0.25) is 9.59 Å². The standard InChI is InChI=1S/C13H24N2O2/c1-5-8-15-11(9(4)6-2)12(16)14-10(7-3)13(15)17/h9-11H,5-8H2,1-4H3,(H,14,16). The maximum Gasteiger partial charge on any atom is 0.245 e. The molecule has 2 amide bonds. The van der Waals surface area contributed by atoms with E-state index in [0.29, 0.717) is 13.0 Å². The first-order valence-electron chi connectivity index (χ1n) is 6.67. The van der Waals surface area contributed by atoms with Gasteiger partial charge in [0.1, 0.15) is 12.1 Å². The summed E-state index contributed by atoms with van der Waals surface area (Å²) < 4.78 is 0. The number of rotatable bonds is 5. The first kappa shape index (κ1) is 14.0. The molecule has 0 aromatic carbocycles. The summed E-state index contributed by atoms with van der Waals surface area (Å²) in [5.41, 5.74) is 0. The van der Waals surface area contributed by atoms with Crippen molar-refractivity contribution in [2.75, 3.05) is 6.54 Å². The smallest absolute Gasteiger partial charge is 0.245 e. The van der Waals surface area contributed by atoms with Crippen molar-refractivity contribution in [3.05, 3.63) is 0 Å². The molecular weight excluding hydrogens is 216 g/mol. The van der Waals surface area contributed by atoms with Gasteiger partial charge in [-0.1, -0.05) is 34.1 Å². The molecule has 3 atom stereocenters. The van der Waals surface area contributed by atoms with Gasteiger partial charge in [0.15, 0.2) is 0 Å². The van der Waals surface area contributed by atoms with E-state index in [2.05, 4.69) is 12.2 Å². The average Bonchev–Trinajstić information content (AvgIpc) is 2.33. The van der Waals surface area contributed by atoms with E-state index in [-0.39, 0.29) is 29.8 Å². The Bertz CT molecular complexity index is 291. The van der Waals surface area contributed by atoms with E-state index in [1.54, 1.807) is 4.90 Å². The Morgan fingerprint density at radius 2 is 1.94 bits per heavy atom. The summed E-state index contributed by atoms with van der Waals surface area (Å²) in [7, 11) is 0. The van der Waals surface area contributed by atoms with E-state index in [4.69, 9.17) is 0 Å². The molecule has 0 saturated carbocycles. The number of carbonyl (C=O) groups excluding carboxylic acids is 2. The second-order valence-corrected chi connectivity index (χ2v) is 4.83. The molecule has 4 heteroatoms. The summed E-state index contributed by atoms with van der Waals surface area (Å²) in [6, 6.07) is -0.607. The predicted octanol–water partition coefficient (Wildman–Crippen LogP) is 1.55. The summed E-state index contributed by atoms with van der Waals surface area (Å²) in [6.07, 6.45) is 2.46. The van der Waals surface area contributed by atoms with Gasteiger partial charge in [0.25, 0.3) is 0 Å². The number of hydrogen-bond acceptors (Lipinski definition) is 2. The highest BCUT2D eigenvalue weighted by Gasteiger charge is 2.41. The number of piperazine rings is 1. The first-order chi connectivity index (χ1) is 8.06. The largest absolute Gasteiger partial charge is 0.343 e. The van der Waals surface area contributed by atoms with Gasteiger partial charge in [-0.15, -0.1) is 0 Å². The first-order valence-corrected chi connectivity index (χ1v) is 6.67. The Labute approximate surface area is 104 Å². The highest BCUT2D eigenvalue weighted by Crippen LogP contribution is 2.21. The van der Waals surface area contributed by atoms with Crippen LogP contribution in [-0.2, 0) is 9.59 Å². The molecular formula is C13H24N2O2. The minimum atomic E-state index is -0.325. The molecule has 1 heterocycles. The summed E-state index contributed by atoms with van der Waals surface area (Å²) >= 11 is 0. The van der Waals surface area contributed by atoms with Crippen LogP contribution in [0.3, 0.4) is 0 Å². The molecule has 0 aromatic rings. The topological polar surface area (TPSA) is 49.4 Å². The Kier molecular flexibility index (Phi) is 4.97. The molecule has 1 N–H and O–H groups in total. The van der Waals surface area contributed by atoms with Crippen LogP contribution in [0.25, 0.3) is 0 Å².